The van der Waals surface area contributed by atoms with Gasteiger partial charge in [-0.1, -0.05) is 36.4 Å². The Kier molecular flexibility index (Phi) is 5.99. The van der Waals surface area contributed by atoms with Gasteiger partial charge in [0.2, 0.25) is 0 Å². The van der Waals surface area contributed by atoms with E-state index in [-0.39, 0.29) is 12.6 Å². The van der Waals surface area contributed by atoms with Crippen LogP contribution in [0.4, 0.5) is 10.5 Å². The summed E-state index contributed by atoms with van der Waals surface area (Å²) in [5, 5.41) is 16.0. The van der Waals surface area contributed by atoms with Crippen LogP contribution in [0.2, 0.25) is 0 Å². The summed E-state index contributed by atoms with van der Waals surface area (Å²) in [6.45, 7) is 5.93. The van der Waals surface area contributed by atoms with E-state index >= 15 is 0 Å². The van der Waals surface area contributed by atoms with Crippen molar-refractivity contribution in [3.05, 3.63) is 65.2 Å². The monoisotopic (exact) mass is 326 g/mol. The molecule has 128 valence electrons. The van der Waals surface area contributed by atoms with Crippen LogP contribution in [0.15, 0.2) is 48.5 Å². The minimum absolute atomic E-state index is 0.205. The maximum atomic E-state index is 12.0. The SMILES string of the molecule is Cc1cc(C)cc(NC(=O)NCC(C)(O)CCc2ccccc2)c1. The van der Waals surface area contributed by atoms with E-state index in [0.29, 0.717) is 6.42 Å². The number of anilines is 1. The zero-order valence-electron chi connectivity index (χ0n) is 14.6. The van der Waals surface area contributed by atoms with E-state index in [1.165, 1.54) is 5.56 Å². The van der Waals surface area contributed by atoms with Gasteiger partial charge in [-0.05, 0) is 62.4 Å². The van der Waals surface area contributed by atoms with Crippen molar-refractivity contribution in [1.82, 2.24) is 5.32 Å². The van der Waals surface area contributed by atoms with Gasteiger partial charge in [0.25, 0.3) is 0 Å². The maximum Gasteiger partial charge on any atom is 0.319 e. The van der Waals surface area contributed by atoms with E-state index in [2.05, 4.69) is 16.7 Å². The Morgan fingerprint density at radius 2 is 1.71 bits per heavy atom. The molecule has 0 fully saturated rings. The lowest BCUT2D eigenvalue weighted by molar-refractivity contribution is 0.0539. The Labute approximate surface area is 143 Å². The average molecular weight is 326 g/mol. The van der Waals surface area contributed by atoms with Gasteiger partial charge in [-0.3, -0.25) is 0 Å². The number of urea groups is 1. The minimum Gasteiger partial charge on any atom is -0.388 e. The highest BCUT2D eigenvalue weighted by Crippen LogP contribution is 2.15. The first-order valence-electron chi connectivity index (χ1n) is 8.23. The first kappa shape index (κ1) is 18.0. The molecule has 0 heterocycles. The van der Waals surface area contributed by atoms with Gasteiger partial charge in [0.1, 0.15) is 0 Å². The second-order valence-electron chi connectivity index (χ2n) is 6.67. The number of carbonyl (C=O) groups excluding carboxylic acids is 1. The normalized spacial score (nSPS) is 13.2. The number of hydrogen-bond donors (Lipinski definition) is 3. The molecular weight excluding hydrogens is 300 g/mol. The van der Waals surface area contributed by atoms with Crippen LogP contribution in [-0.2, 0) is 6.42 Å². The number of hydrogen-bond acceptors (Lipinski definition) is 2. The number of aliphatic hydroxyl groups is 1. The predicted octanol–water partition coefficient (Wildman–Crippen LogP) is 3.81. The van der Waals surface area contributed by atoms with Gasteiger partial charge >= 0.3 is 6.03 Å². The van der Waals surface area contributed by atoms with Crippen molar-refractivity contribution in [2.24, 2.45) is 0 Å². The molecule has 3 N–H and O–H groups in total. The van der Waals surface area contributed by atoms with E-state index in [0.717, 1.165) is 23.2 Å². The van der Waals surface area contributed by atoms with E-state index in [1.807, 2.05) is 56.3 Å². The molecule has 2 amide bonds. The molecule has 0 aliphatic rings. The highest BCUT2D eigenvalue weighted by Gasteiger charge is 2.21. The summed E-state index contributed by atoms with van der Waals surface area (Å²) in [7, 11) is 0. The third kappa shape index (κ3) is 6.05. The number of amides is 2. The lowest BCUT2D eigenvalue weighted by atomic mass is 9.97. The zero-order chi connectivity index (χ0) is 17.6. The molecule has 2 rings (SSSR count). The smallest absolute Gasteiger partial charge is 0.319 e. The van der Waals surface area contributed by atoms with Gasteiger partial charge in [-0.2, -0.15) is 0 Å². The number of benzene rings is 2. The second-order valence-corrected chi connectivity index (χ2v) is 6.67. The fraction of sp³-hybridized carbons (Fsp3) is 0.350. The summed E-state index contributed by atoms with van der Waals surface area (Å²) in [5.41, 5.74) is 3.18. The molecule has 2 aromatic rings. The molecule has 4 heteroatoms. The molecule has 0 spiro atoms. The lowest BCUT2D eigenvalue weighted by Gasteiger charge is -2.24. The molecule has 0 aromatic heterocycles. The predicted molar refractivity (Wildman–Crippen MR) is 98.3 cm³/mol. The van der Waals surface area contributed by atoms with E-state index < -0.39 is 5.60 Å². The number of nitrogens with one attached hydrogen (secondary N) is 2. The van der Waals surface area contributed by atoms with Crippen LogP contribution in [0.3, 0.4) is 0 Å². The fourth-order valence-corrected chi connectivity index (χ4v) is 2.64. The van der Waals surface area contributed by atoms with Gasteiger partial charge in [0.05, 0.1) is 5.60 Å². The van der Waals surface area contributed by atoms with Crippen molar-refractivity contribution < 1.29 is 9.90 Å². The van der Waals surface area contributed by atoms with Crippen molar-refractivity contribution >= 4 is 11.7 Å². The van der Waals surface area contributed by atoms with Crippen LogP contribution in [0.5, 0.6) is 0 Å². The summed E-state index contributed by atoms with van der Waals surface area (Å²) in [5.74, 6) is 0. The van der Waals surface area contributed by atoms with Crippen molar-refractivity contribution in [3.8, 4) is 0 Å². The van der Waals surface area contributed by atoms with Gasteiger partial charge in [-0.25, -0.2) is 4.79 Å². The zero-order valence-corrected chi connectivity index (χ0v) is 14.6. The summed E-state index contributed by atoms with van der Waals surface area (Å²) >= 11 is 0. The molecule has 0 saturated heterocycles. The van der Waals surface area contributed by atoms with E-state index in [4.69, 9.17) is 0 Å². The third-order valence-electron chi connectivity index (χ3n) is 3.90. The van der Waals surface area contributed by atoms with Crippen LogP contribution in [0, 0.1) is 13.8 Å². The summed E-state index contributed by atoms with van der Waals surface area (Å²) in [4.78, 5) is 12.0. The highest BCUT2D eigenvalue weighted by molar-refractivity contribution is 5.89. The summed E-state index contributed by atoms with van der Waals surface area (Å²) < 4.78 is 0. The van der Waals surface area contributed by atoms with Crippen LogP contribution >= 0.6 is 0 Å². The van der Waals surface area contributed by atoms with Crippen LogP contribution < -0.4 is 10.6 Å². The van der Waals surface area contributed by atoms with Crippen LogP contribution in [0.25, 0.3) is 0 Å². The number of rotatable bonds is 6. The highest BCUT2D eigenvalue weighted by atomic mass is 16.3. The Bertz CT molecular complexity index is 661. The molecule has 0 radical (unpaired) electrons. The quantitative estimate of drug-likeness (QED) is 0.756. The van der Waals surface area contributed by atoms with Gasteiger partial charge in [0.15, 0.2) is 0 Å². The molecule has 0 aliphatic heterocycles. The number of aryl methyl sites for hydroxylation is 3. The largest absolute Gasteiger partial charge is 0.388 e. The summed E-state index contributed by atoms with van der Waals surface area (Å²) in [6, 6.07) is 15.6. The summed E-state index contributed by atoms with van der Waals surface area (Å²) in [6.07, 6.45) is 1.36. The topological polar surface area (TPSA) is 61.4 Å². The molecule has 2 aromatic carbocycles. The van der Waals surface area contributed by atoms with Crippen molar-refractivity contribution in [2.45, 2.75) is 39.2 Å². The first-order chi connectivity index (χ1) is 11.3. The standard InChI is InChI=1S/C20H26N2O2/c1-15-11-16(2)13-18(12-15)22-19(23)21-14-20(3,24)10-9-17-7-5-4-6-8-17/h4-8,11-13,24H,9-10,14H2,1-3H3,(H2,21,22,23). The molecule has 1 unspecified atom stereocenters. The van der Waals surface area contributed by atoms with E-state index in [9.17, 15) is 9.90 Å². The van der Waals surface area contributed by atoms with Crippen LogP contribution in [-0.4, -0.2) is 23.3 Å². The molecule has 0 bridgehead atoms. The average Bonchev–Trinajstić information content (AvgIpc) is 2.51. The first-order valence-corrected chi connectivity index (χ1v) is 8.23. The second kappa shape index (κ2) is 7.97. The Morgan fingerprint density at radius 1 is 1.08 bits per heavy atom. The molecule has 1 atom stereocenters. The molecule has 24 heavy (non-hydrogen) atoms. The fourth-order valence-electron chi connectivity index (χ4n) is 2.64. The van der Waals surface area contributed by atoms with Crippen LogP contribution in [0.1, 0.15) is 30.0 Å². The van der Waals surface area contributed by atoms with Gasteiger partial charge in [-0.15, -0.1) is 0 Å². The molecular formula is C20H26N2O2. The number of carbonyl (C=O) groups is 1. The maximum absolute atomic E-state index is 12.0. The Balaban J connectivity index is 1.81. The lowest BCUT2D eigenvalue weighted by Crippen LogP contribution is -2.42. The minimum atomic E-state index is -0.949. The van der Waals surface area contributed by atoms with Gasteiger partial charge in [0, 0.05) is 12.2 Å². The van der Waals surface area contributed by atoms with Crippen molar-refractivity contribution in [1.29, 1.82) is 0 Å². The third-order valence-corrected chi connectivity index (χ3v) is 3.90. The Hall–Kier alpha value is -2.33. The molecule has 4 nitrogen and oxygen atoms in total. The molecule has 0 saturated carbocycles. The van der Waals surface area contributed by atoms with Crippen molar-refractivity contribution in [2.75, 3.05) is 11.9 Å². The molecule has 0 aliphatic carbocycles. The van der Waals surface area contributed by atoms with E-state index in [1.54, 1.807) is 6.92 Å². The van der Waals surface area contributed by atoms with Crippen molar-refractivity contribution in [3.63, 3.8) is 0 Å². The van der Waals surface area contributed by atoms with Gasteiger partial charge < -0.3 is 15.7 Å². The Morgan fingerprint density at radius 3 is 2.33 bits per heavy atom.